The van der Waals surface area contributed by atoms with Crippen LogP contribution in [0.5, 0.6) is 0 Å². The van der Waals surface area contributed by atoms with Gasteiger partial charge in [-0.1, -0.05) is 26.8 Å². The van der Waals surface area contributed by atoms with Crippen molar-refractivity contribution in [3.05, 3.63) is 11.6 Å². The zero-order valence-corrected chi connectivity index (χ0v) is 20.9. The minimum absolute atomic E-state index is 0.0820. The summed E-state index contributed by atoms with van der Waals surface area (Å²) in [5.41, 5.74) is 1.32. The summed E-state index contributed by atoms with van der Waals surface area (Å²) in [6.45, 7) is 11.5. The van der Waals surface area contributed by atoms with E-state index in [1.54, 1.807) is 0 Å². The Hall–Kier alpha value is -1.16. The van der Waals surface area contributed by atoms with Crippen LogP contribution in [0.2, 0.25) is 0 Å². The first-order valence-electron chi connectivity index (χ1n) is 13.2. The Morgan fingerprint density at radius 2 is 1.84 bits per heavy atom. The Balaban J connectivity index is 1.57. The van der Waals surface area contributed by atoms with Crippen molar-refractivity contribution >= 4 is 11.8 Å². The molecule has 4 aliphatic rings. The minimum Gasteiger partial charge on any atom is -0.466 e. The molecule has 4 aliphatic carbocycles. The van der Waals surface area contributed by atoms with Crippen molar-refractivity contribution in [3.63, 3.8) is 0 Å². The van der Waals surface area contributed by atoms with Crippen LogP contribution in [0.4, 0.5) is 0 Å². The molecule has 4 rings (SSSR count). The van der Waals surface area contributed by atoms with E-state index in [0.717, 1.165) is 44.1 Å². The lowest BCUT2D eigenvalue weighted by Crippen LogP contribution is -2.58. The van der Waals surface area contributed by atoms with Crippen LogP contribution in [0, 0.1) is 46.3 Å². The van der Waals surface area contributed by atoms with Crippen LogP contribution in [0.15, 0.2) is 11.6 Å². The molecule has 180 valence electrons. The summed E-state index contributed by atoms with van der Waals surface area (Å²) >= 11 is 0. The Morgan fingerprint density at radius 1 is 1.16 bits per heavy atom. The van der Waals surface area contributed by atoms with Crippen LogP contribution in [0.3, 0.4) is 0 Å². The second kappa shape index (κ2) is 8.89. The molecule has 32 heavy (non-hydrogen) atoms. The van der Waals surface area contributed by atoms with Crippen molar-refractivity contribution in [2.24, 2.45) is 46.3 Å². The number of carbonyl (C=O) groups is 2. The predicted octanol–water partition coefficient (Wildman–Crippen LogP) is 5.72. The van der Waals surface area contributed by atoms with Crippen molar-refractivity contribution in [3.8, 4) is 0 Å². The topological polar surface area (TPSA) is 63.6 Å². The molecule has 0 spiro atoms. The van der Waals surface area contributed by atoms with E-state index in [4.69, 9.17) is 4.74 Å². The highest BCUT2D eigenvalue weighted by Crippen LogP contribution is 2.68. The molecule has 0 unspecified atom stereocenters. The number of allylic oxidation sites excluding steroid dienone is 2. The van der Waals surface area contributed by atoms with Crippen molar-refractivity contribution in [2.75, 3.05) is 6.61 Å². The first-order chi connectivity index (χ1) is 15.2. The smallest absolute Gasteiger partial charge is 0.305 e. The molecule has 0 radical (unpaired) electrons. The van der Waals surface area contributed by atoms with Gasteiger partial charge in [0, 0.05) is 12.3 Å². The number of ether oxygens (including phenoxy) is 1. The fourth-order valence-corrected chi connectivity index (χ4v) is 8.94. The molecule has 0 aliphatic heterocycles. The van der Waals surface area contributed by atoms with Crippen LogP contribution >= 0.6 is 0 Å². The average molecular weight is 445 g/mol. The molecular weight excluding hydrogens is 400 g/mol. The summed E-state index contributed by atoms with van der Waals surface area (Å²) < 4.78 is 5.16. The number of aliphatic hydroxyl groups is 1. The highest BCUT2D eigenvalue weighted by molar-refractivity contribution is 5.99. The molecule has 0 aromatic rings. The second-order valence-electron chi connectivity index (χ2n) is 11.9. The summed E-state index contributed by atoms with van der Waals surface area (Å²) in [5, 5.41) is 10.4. The molecule has 4 fully saturated rings. The standard InChI is InChI=1S/C28H44O4/c1-6-19-23-16-18(29)12-14-28(23,5)22-13-15-27(4)20(9-10-21(27)25(22)26(19)31)17(3)8-11-24(30)32-7-2/h6,17-18,20-23,25,29H,7-16H2,1-5H3/b19-6+/t17-,18-,20-,21+,22+,23+,25+,27-,28-/m1/s1. The number of Topliss-reactive ketones (excluding diaryl/α,β-unsaturated/α-hetero) is 1. The van der Waals surface area contributed by atoms with E-state index < -0.39 is 0 Å². The van der Waals surface area contributed by atoms with Gasteiger partial charge in [-0.3, -0.25) is 9.59 Å². The number of rotatable bonds is 5. The number of carbonyl (C=O) groups excluding carboxylic acids is 2. The van der Waals surface area contributed by atoms with Gasteiger partial charge < -0.3 is 9.84 Å². The van der Waals surface area contributed by atoms with Crippen LogP contribution in [-0.4, -0.2) is 29.6 Å². The van der Waals surface area contributed by atoms with Crippen molar-refractivity contribution in [2.45, 2.75) is 98.5 Å². The molecule has 4 heteroatoms. The number of fused-ring (bicyclic) bond motifs is 5. The summed E-state index contributed by atoms with van der Waals surface area (Å²) in [6.07, 6.45) is 10.5. The molecule has 4 nitrogen and oxygen atoms in total. The van der Waals surface area contributed by atoms with Gasteiger partial charge in [0.05, 0.1) is 12.7 Å². The van der Waals surface area contributed by atoms with Crippen LogP contribution in [0.1, 0.15) is 92.4 Å². The van der Waals surface area contributed by atoms with E-state index in [1.165, 1.54) is 12.8 Å². The van der Waals surface area contributed by atoms with Gasteiger partial charge in [0.15, 0.2) is 5.78 Å². The van der Waals surface area contributed by atoms with Gasteiger partial charge in [0.2, 0.25) is 0 Å². The quantitative estimate of drug-likeness (QED) is 0.435. The SMILES string of the molecule is C/C=C1/C(=O)[C@@H]2[C@H](CC[C@]3(C)[C@@H]([C@H](C)CCC(=O)OCC)CC[C@@H]23)[C@@]2(C)CC[C@@H](O)C[C@@H]12. The lowest BCUT2D eigenvalue weighted by Gasteiger charge is -2.61. The largest absolute Gasteiger partial charge is 0.466 e. The van der Waals surface area contributed by atoms with Gasteiger partial charge in [-0.05, 0) is 111 Å². The van der Waals surface area contributed by atoms with Gasteiger partial charge in [-0.2, -0.15) is 0 Å². The summed E-state index contributed by atoms with van der Waals surface area (Å²) in [6, 6.07) is 0. The predicted molar refractivity (Wildman–Crippen MR) is 126 cm³/mol. The van der Waals surface area contributed by atoms with Crippen LogP contribution in [0.25, 0.3) is 0 Å². The average Bonchev–Trinajstić information content (AvgIpc) is 3.11. The lowest BCUT2D eigenvalue weighted by molar-refractivity contribution is -0.150. The Bertz CT molecular complexity index is 771. The third-order valence-electron chi connectivity index (χ3n) is 10.6. The molecule has 4 saturated carbocycles. The Kier molecular flexibility index (Phi) is 6.66. The molecule has 9 atom stereocenters. The maximum absolute atomic E-state index is 13.9. The molecular formula is C28H44O4. The highest BCUT2D eigenvalue weighted by Gasteiger charge is 2.64. The van der Waals surface area contributed by atoms with Gasteiger partial charge in [-0.15, -0.1) is 0 Å². The molecule has 0 aromatic heterocycles. The first kappa shape index (κ1) is 24.0. The fourth-order valence-electron chi connectivity index (χ4n) is 8.94. The summed E-state index contributed by atoms with van der Waals surface area (Å²) in [4.78, 5) is 25.9. The molecule has 0 aromatic carbocycles. The third kappa shape index (κ3) is 3.69. The van der Waals surface area contributed by atoms with Crippen molar-refractivity contribution in [1.82, 2.24) is 0 Å². The third-order valence-corrected chi connectivity index (χ3v) is 10.6. The Morgan fingerprint density at radius 3 is 2.53 bits per heavy atom. The van der Waals surface area contributed by atoms with Crippen LogP contribution < -0.4 is 0 Å². The molecule has 0 amide bonds. The normalized spacial score (nSPS) is 45.7. The van der Waals surface area contributed by atoms with E-state index in [-0.39, 0.29) is 34.7 Å². The first-order valence-corrected chi connectivity index (χ1v) is 13.2. The molecule has 0 bridgehead atoms. The fraction of sp³-hybridized carbons (Fsp3) is 0.857. The van der Waals surface area contributed by atoms with E-state index in [1.807, 2.05) is 13.8 Å². The van der Waals surface area contributed by atoms with Gasteiger partial charge in [0.25, 0.3) is 0 Å². The lowest BCUT2D eigenvalue weighted by atomic mass is 9.43. The van der Waals surface area contributed by atoms with Crippen LogP contribution in [-0.2, 0) is 14.3 Å². The number of ketones is 1. The van der Waals surface area contributed by atoms with Gasteiger partial charge in [-0.25, -0.2) is 0 Å². The summed E-state index contributed by atoms with van der Waals surface area (Å²) in [5.74, 6) is 2.61. The second-order valence-corrected chi connectivity index (χ2v) is 11.9. The highest BCUT2D eigenvalue weighted by atomic mass is 16.5. The van der Waals surface area contributed by atoms with E-state index in [2.05, 4.69) is 26.8 Å². The van der Waals surface area contributed by atoms with Gasteiger partial charge >= 0.3 is 5.97 Å². The minimum atomic E-state index is -0.266. The maximum atomic E-state index is 13.9. The van der Waals surface area contributed by atoms with Gasteiger partial charge in [0.1, 0.15) is 0 Å². The van der Waals surface area contributed by atoms with E-state index >= 15 is 0 Å². The zero-order chi connectivity index (χ0) is 23.3. The molecule has 0 heterocycles. The molecule has 1 N–H and O–H groups in total. The number of aliphatic hydroxyl groups excluding tert-OH is 1. The molecule has 0 saturated heterocycles. The maximum Gasteiger partial charge on any atom is 0.305 e. The van der Waals surface area contributed by atoms with Crippen molar-refractivity contribution in [1.29, 1.82) is 0 Å². The summed E-state index contributed by atoms with van der Waals surface area (Å²) in [7, 11) is 0. The number of esters is 1. The monoisotopic (exact) mass is 444 g/mol. The Labute approximate surface area is 194 Å². The number of hydrogen-bond donors (Lipinski definition) is 1. The van der Waals surface area contributed by atoms with E-state index in [0.29, 0.717) is 42.5 Å². The van der Waals surface area contributed by atoms with Crippen molar-refractivity contribution < 1.29 is 19.4 Å². The van der Waals surface area contributed by atoms with E-state index in [9.17, 15) is 14.7 Å². The zero-order valence-electron chi connectivity index (χ0n) is 20.9. The number of hydrogen-bond acceptors (Lipinski definition) is 4.